The van der Waals surface area contributed by atoms with Crippen LogP contribution >= 0.6 is 0 Å². The number of hydrogen-bond acceptors (Lipinski definition) is 3. The highest BCUT2D eigenvalue weighted by atomic mass is 16.5. The van der Waals surface area contributed by atoms with Crippen molar-refractivity contribution in [3.63, 3.8) is 0 Å². The fourth-order valence-electron chi connectivity index (χ4n) is 2.93. The van der Waals surface area contributed by atoms with Crippen molar-refractivity contribution in [3.05, 3.63) is 65.2 Å². The second kappa shape index (κ2) is 7.91. The highest BCUT2D eigenvalue weighted by molar-refractivity contribution is 6.51. The molecule has 0 aromatic heterocycles. The van der Waals surface area contributed by atoms with Crippen LogP contribution in [-0.2, 0) is 6.42 Å². The van der Waals surface area contributed by atoms with Crippen molar-refractivity contribution in [2.24, 2.45) is 4.99 Å². The van der Waals surface area contributed by atoms with Gasteiger partial charge < -0.3 is 4.74 Å². The number of benzene rings is 2. The Bertz CT molecular complexity index is 735. The summed E-state index contributed by atoms with van der Waals surface area (Å²) in [4.78, 5) is 17.2. The average Bonchev–Trinajstić information content (AvgIpc) is 2.64. The van der Waals surface area contributed by atoms with Gasteiger partial charge in [-0.2, -0.15) is 0 Å². The van der Waals surface area contributed by atoms with Crippen LogP contribution in [0.4, 0.5) is 0 Å². The standard InChI is InChI=1S/C21H23NO2/c1-2-3-7-14-24-18-10-11-19-17(15-18)12-13-22-20(19)21(23)16-8-5-4-6-9-16/h4-6,8-11,15H,2-3,7,12-14H2,1H3. The average molecular weight is 321 g/mol. The number of rotatable bonds is 7. The number of hydrogen-bond donors (Lipinski definition) is 0. The van der Waals surface area contributed by atoms with Crippen molar-refractivity contribution >= 4 is 11.5 Å². The molecule has 1 heterocycles. The van der Waals surface area contributed by atoms with Gasteiger partial charge in [-0.1, -0.05) is 50.1 Å². The maximum atomic E-state index is 12.7. The van der Waals surface area contributed by atoms with Crippen LogP contribution in [0, 0.1) is 0 Å². The second-order valence-electron chi connectivity index (χ2n) is 6.05. The van der Waals surface area contributed by atoms with Gasteiger partial charge >= 0.3 is 0 Å². The smallest absolute Gasteiger partial charge is 0.211 e. The van der Waals surface area contributed by atoms with Crippen LogP contribution in [-0.4, -0.2) is 24.6 Å². The Morgan fingerprint density at radius 1 is 1.12 bits per heavy atom. The number of ketones is 1. The Morgan fingerprint density at radius 3 is 2.75 bits per heavy atom. The molecule has 2 aromatic rings. The van der Waals surface area contributed by atoms with Gasteiger partial charge in [0.15, 0.2) is 0 Å². The minimum Gasteiger partial charge on any atom is -0.494 e. The highest BCUT2D eigenvalue weighted by Crippen LogP contribution is 2.24. The fraction of sp³-hybridized carbons (Fsp3) is 0.333. The van der Waals surface area contributed by atoms with Gasteiger partial charge in [0.05, 0.1) is 6.61 Å². The molecule has 0 atom stereocenters. The maximum Gasteiger partial charge on any atom is 0.211 e. The molecule has 124 valence electrons. The SMILES string of the molecule is CCCCCOc1ccc2c(c1)CCN=C2C(=O)c1ccccc1. The molecular weight excluding hydrogens is 298 g/mol. The molecule has 0 saturated heterocycles. The van der Waals surface area contributed by atoms with Crippen molar-refractivity contribution in [2.45, 2.75) is 32.6 Å². The molecule has 0 amide bonds. The van der Waals surface area contributed by atoms with E-state index in [0.717, 1.165) is 36.3 Å². The van der Waals surface area contributed by atoms with E-state index in [1.54, 1.807) is 0 Å². The molecule has 1 aliphatic rings. The lowest BCUT2D eigenvalue weighted by Crippen LogP contribution is -2.22. The van der Waals surface area contributed by atoms with Crippen LogP contribution < -0.4 is 4.74 Å². The Balaban J connectivity index is 1.77. The second-order valence-corrected chi connectivity index (χ2v) is 6.05. The topological polar surface area (TPSA) is 38.7 Å². The van der Waals surface area contributed by atoms with Gasteiger partial charge in [0.1, 0.15) is 11.5 Å². The van der Waals surface area contributed by atoms with Gasteiger partial charge in [-0.15, -0.1) is 0 Å². The lowest BCUT2D eigenvalue weighted by Gasteiger charge is -2.17. The minimum atomic E-state index is -0.00633. The van der Waals surface area contributed by atoms with Gasteiger partial charge in [0.25, 0.3) is 0 Å². The summed E-state index contributed by atoms with van der Waals surface area (Å²) in [6.07, 6.45) is 4.31. The Labute approximate surface area is 143 Å². The van der Waals surface area contributed by atoms with E-state index in [-0.39, 0.29) is 5.78 Å². The van der Waals surface area contributed by atoms with Crippen LogP contribution in [0.2, 0.25) is 0 Å². The first-order valence-electron chi connectivity index (χ1n) is 8.70. The van der Waals surface area contributed by atoms with E-state index in [1.165, 1.54) is 12.8 Å². The quantitative estimate of drug-likeness (QED) is 0.557. The Morgan fingerprint density at radius 2 is 1.96 bits per heavy atom. The third-order valence-corrected chi connectivity index (χ3v) is 4.25. The lowest BCUT2D eigenvalue weighted by molar-refractivity contribution is 0.106. The zero-order chi connectivity index (χ0) is 16.8. The predicted octanol–water partition coefficient (Wildman–Crippen LogP) is 4.48. The normalized spacial score (nSPS) is 13.1. The molecular formula is C21H23NO2. The third-order valence-electron chi connectivity index (χ3n) is 4.25. The molecule has 0 bridgehead atoms. The first-order chi connectivity index (χ1) is 11.8. The molecule has 3 rings (SSSR count). The van der Waals surface area contributed by atoms with Crippen molar-refractivity contribution < 1.29 is 9.53 Å². The predicted molar refractivity (Wildman–Crippen MR) is 97.3 cm³/mol. The van der Waals surface area contributed by atoms with Crippen molar-refractivity contribution in [2.75, 3.05) is 13.2 Å². The van der Waals surface area contributed by atoms with Gasteiger partial charge in [-0.25, -0.2) is 0 Å². The summed E-state index contributed by atoms with van der Waals surface area (Å²) in [5.41, 5.74) is 3.34. The monoisotopic (exact) mass is 321 g/mol. The van der Waals surface area contributed by atoms with Crippen LogP contribution in [0.25, 0.3) is 0 Å². The largest absolute Gasteiger partial charge is 0.494 e. The van der Waals surface area contributed by atoms with Gasteiger partial charge in [0.2, 0.25) is 5.78 Å². The van der Waals surface area contributed by atoms with Gasteiger partial charge in [-0.3, -0.25) is 9.79 Å². The number of fused-ring (bicyclic) bond motifs is 1. The number of Topliss-reactive ketones (excluding diaryl/α,β-unsaturated/α-hetero) is 1. The summed E-state index contributed by atoms with van der Waals surface area (Å²) in [6, 6.07) is 15.3. The van der Waals surface area contributed by atoms with E-state index < -0.39 is 0 Å². The first kappa shape index (κ1) is 16.4. The molecule has 0 spiro atoms. The van der Waals surface area contributed by atoms with Gasteiger partial charge in [-0.05, 0) is 36.6 Å². The number of carbonyl (C=O) groups is 1. The van der Waals surface area contributed by atoms with E-state index in [1.807, 2.05) is 42.5 Å². The van der Waals surface area contributed by atoms with E-state index in [2.05, 4.69) is 18.0 Å². The zero-order valence-corrected chi connectivity index (χ0v) is 14.1. The van der Waals surface area contributed by atoms with Gasteiger partial charge in [0, 0.05) is 17.7 Å². The molecule has 3 heteroatoms. The summed E-state index contributed by atoms with van der Waals surface area (Å²) in [7, 11) is 0. The molecule has 0 aliphatic carbocycles. The molecule has 1 aliphatic heterocycles. The van der Waals surface area contributed by atoms with E-state index >= 15 is 0 Å². The lowest BCUT2D eigenvalue weighted by atomic mass is 9.92. The Kier molecular flexibility index (Phi) is 5.42. The molecule has 0 fully saturated rings. The van der Waals surface area contributed by atoms with Crippen molar-refractivity contribution in [1.82, 2.24) is 0 Å². The molecule has 0 saturated carbocycles. The summed E-state index contributed by atoms with van der Waals surface area (Å²) in [5.74, 6) is 0.881. The molecule has 3 nitrogen and oxygen atoms in total. The number of aliphatic imine (C=N–C) groups is 1. The minimum absolute atomic E-state index is 0.00633. The van der Waals surface area contributed by atoms with Crippen LogP contribution in [0.5, 0.6) is 5.75 Å². The van der Waals surface area contributed by atoms with E-state index in [4.69, 9.17) is 4.74 Å². The number of unbranched alkanes of at least 4 members (excludes halogenated alkanes) is 2. The summed E-state index contributed by atoms with van der Waals surface area (Å²) in [6.45, 7) is 3.58. The number of carbonyl (C=O) groups excluding carboxylic acids is 1. The highest BCUT2D eigenvalue weighted by Gasteiger charge is 2.22. The summed E-state index contributed by atoms with van der Waals surface area (Å²) < 4.78 is 5.83. The third kappa shape index (κ3) is 3.73. The molecule has 24 heavy (non-hydrogen) atoms. The van der Waals surface area contributed by atoms with E-state index in [0.29, 0.717) is 17.8 Å². The van der Waals surface area contributed by atoms with Crippen LogP contribution in [0.3, 0.4) is 0 Å². The molecule has 0 radical (unpaired) electrons. The van der Waals surface area contributed by atoms with Crippen LogP contribution in [0.15, 0.2) is 53.5 Å². The first-order valence-corrected chi connectivity index (χ1v) is 8.70. The van der Waals surface area contributed by atoms with Crippen LogP contribution in [0.1, 0.15) is 47.7 Å². The van der Waals surface area contributed by atoms with Crippen molar-refractivity contribution in [3.8, 4) is 5.75 Å². The molecule has 2 aromatic carbocycles. The number of ether oxygens (including phenoxy) is 1. The zero-order valence-electron chi connectivity index (χ0n) is 14.1. The molecule has 0 unspecified atom stereocenters. The molecule has 0 N–H and O–H groups in total. The number of nitrogens with zero attached hydrogens (tertiary/aromatic N) is 1. The van der Waals surface area contributed by atoms with Crippen molar-refractivity contribution in [1.29, 1.82) is 0 Å². The summed E-state index contributed by atoms with van der Waals surface area (Å²) in [5, 5.41) is 0. The van der Waals surface area contributed by atoms with E-state index in [9.17, 15) is 4.79 Å². The Hall–Kier alpha value is -2.42. The maximum absolute atomic E-state index is 12.7. The fourth-order valence-corrected chi connectivity index (χ4v) is 2.93. The summed E-state index contributed by atoms with van der Waals surface area (Å²) >= 11 is 0.